The van der Waals surface area contributed by atoms with Gasteiger partial charge >= 0.3 is 0 Å². The van der Waals surface area contributed by atoms with E-state index in [-0.39, 0.29) is 0 Å². The van der Waals surface area contributed by atoms with E-state index < -0.39 is 0 Å². The van der Waals surface area contributed by atoms with Crippen LogP contribution in [0.2, 0.25) is 5.15 Å². The molecule has 0 radical (unpaired) electrons. The Hall–Kier alpha value is -3.55. The van der Waals surface area contributed by atoms with Gasteiger partial charge in [-0.05, 0) is 56.1 Å². The van der Waals surface area contributed by atoms with Crippen LogP contribution in [-0.4, -0.2) is 38.9 Å². The molecule has 2 aromatic carbocycles. The standard InChI is InChI=1S/C23H21ClN6O/c1-30(2)13-14-4-3-5-15(10-14)31-16-6-7-17-19(11-16)27-23(26-17)28-20-12-25-18-8-9-21(24)29-22(18)20/h3-12,25H,13H2,1-2H3,(H2,26,27,28). The lowest BCUT2D eigenvalue weighted by molar-refractivity contribution is 0.401. The minimum absolute atomic E-state index is 0.441. The van der Waals surface area contributed by atoms with Gasteiger partial charge in [-0.1, -0.05) is 23.7 Å². The maximum Gasteiger partial charge on any atom is 0.205 e. The zero-order valence-corrected chi connectivity index (χ0v) is 17.9. The van der Waals surface area contributed by atoms with Gasteiger partial charge < -0.3 is 24.9 Å². The maximum absolute atomic E-state index is 6.08. The quantitative estimate of drug-likeness (QED) is 0.300. The first-order valence-electron chi connectivity index (χ1n) is 9.85. The van der Waals surface area contributed by atoms with Gasteiger partial charge in [-0.25, -0.2) is 9.97 Å². The van der Waals surface area contributed by atoms with Gasteiger partial charge in [0, 0.05) is 18.8 Å². The summed E-state index contributed by atoms with van der Waals surface area (Å²) in [5.41, 5.74) is 5.36. The Morgan fingerprint density at radius 2 is 1.87 bits per heavy atom. The number of halogens is 1. The zero-order chi connectivity index (χ0) is 21.4. The van der Waals surface area contributed by atoms with Crippen LogP contribution in [0.3, 0.4) is 0 Å². The number of rotatable bonds is 6. The Morgan fingerprint density at radius 3 is 2.74 bits per heavy atom. The fourth-order valence-electron chi connectivity index (χ4n) is 3.52. The highest BCUT2D eigenvalue weighted by molar-refractivity contribution is 6.29. The molecule has 0 unspecified atom stereocenters. The van der Waals surface area contributed by atoms with E-state index >= 15 is 0 Å². The number of pyridine rings is 1. The number of fused-ring (bicyclic) bond motifs is 2. The Kier molecular flexibility index (Phi) is 4.97. The largest absolute Gasteiger partial charge is 0.457 e. The summed E-state index contributed by atoms with van der Waals surface area (Å²) in [6.45, 7) is 0.861. The van der Waals surface area contributed by atoms with Gasteiger partial charge in [-0.3, -0.25) is 0 Å². The number of nitrogens with one attached hydrogen (secondary N) is 3. The fraction of sp³-hybridized carbons (Fsp3) is 0.130. The summed E-state index contributed by atoms with van der Waals surface area (Å²) in [4.78, 5) is 17.6. The van der Waals surface area contributed by atoms with E-state index in [0.29, 0.717) is 11.1 Å². The van der Waals surface area contributed by atoms with Gasteiger partial charge in [0.1, 0.15) is 22.2 Å². The molecule has 0 aliphatic rings. The van der Waals surface area contributed by atoms with Gasteiger partial charge in [-0.15, -0.1) is 0 Å². The number of benzene rings is 2. The summed E-state index contributed by atoms with van der Waals surface area (Å²) >= 11 is 6.04. The molecule has 0 aliphatic heterocycles. The van der Waals surface area contributed by atoms with Crippen LogP contribution < -0.4 is 10.1 Å². The van der Waals surface area contributed by atoms with Gasteiger partial charge in [0.05, 0.1) is 22.2 Å². The van der Waals surface area contributed by atoms with Crippen molar-refractivity contribution in [3.05, 3.63) is 71.5 Å². The van der Waals surface area contributed by atoms with Gasteiger partial charge in [0.25, 0.3) is 0 Å². The molecule has 31 heavy (non-hydrogen) atoms. The van der Waals surface area contributed by atoms with Crippen molar-refractivity contribution in [2.75, 3.05) is 19.4 Å². The van der Waals surface area contributed by atoms with E-state index in [1.165, 1.54) is 5.56 Å². The molecule has 0 aliphatic carbocycles. The van der Waals surface area contributed by atoms with E-state index in [2.05, 4.69) is 42.3 Å². The molecule has 7 nitrogen and oxygen atoms in total. The summed E-state index contributed by atoms with van der Waals surface area (Å²) in [6, 6.07) is 17.5. The molecule has 0 bridgehead atoms. The van der Waals surface area contributed by atoms with Crippen molar-refractivity contribution in [2.24, 2.45) is 0 Å². The zero-order valence-electron chi connectivity index (χ0n) is 17.1. The van der Waals surface area contributed by atoms with Crippen LogP contribution in [0.5, 0.6) is 11.5 Å². The van der Waals surface area contributed by atoms with E-state index in [1.54, 1.807) is 6.07 Å². The topological polar surface area (TPSA) is 81.9 Å². The molecule has 0 fully saturated rings. The second kappa shape index (κ2) is 7.94. The number of H-pyrrole nitrogens is 2. The van der Waals surface area contributed by atoms with Crippen molar-refractivity contribution in [1.82, 2.24) is 24.8 Å². The Morgan fingerprint density at radius 1 is 1.00 bits per heavy atom. The van der Waals surface area contributed by atoms with Gasteiger partial charge in [-0.2, -0.15) is 0 Å². The van der Waals surface area contributed by atoms with Crippen LogP contribution in [0, 0.1) is 0 Å². The summed E-state index contributed by atoms with van der Waals surface area (Å²) < 4.78 is 6.08. The molecule has 0 saturated carbocycles. The molecule has 0 saturated heterocycles. The molecular weight excluding hydrogens is 412 g/mol. The van der Waals surface area contributed by atoms with E-state index in [9.17, 15) is 0 Å². The van der Waals surface area contributed by atoms with Crippen molar-refractivity contribution in [3.8, 4) is 11.5 Å². The molecule has 0 atom stereocenters. The van der Waals surface area contributed by atoms with Crippen LogP contribution in [0.15, 0.2) is 60.8 Å². The molecule has 0 amide bonds. The van der Waals surface area contributed by atoms with Crippen molar-refractivity contribution in [3.63, 3.8) is 0 Å². The van der Waals surface area contributed by atoms with E-state index in [1.807, 2.05) is 56.7 Å². The first-order chi connectivity index (χ1) is 15.0. The minimum atomic E-state index is 0.441. The molecule has 156 valence electrons. The average Bonchev–Trinajstić information content (AvgIpc) is 3.31. The van der Waals surface area contributed by atoms with E-state index in [0.717, 1.165) is 45.8 Å². The molecule has 3 N–H and O–H groups in total. The lowest BCUT2D eigenvalue weighted by Crippen LogP contribution is -2.10. The second-order valence-corrected chi connectivity index (χ2v) is 8.00. The molecule has 5 rings (SSSR count). The molecular formula is C23H21ClN6O. The van der Waals surface area contributed by atoms with Crippen LogP contribution in [0.1, 0.15) is 5.56 Å². The van der Waals surface area contributed by atoms with Crippen LogP contribution >= 0.6 is 11.6 Å². The number of hydrogen-bond donors (Lipinski definition) is 3. The number of ether oxygens (including phenoxy) is 1. The summed E-state index contributed by atoms with van der Waals surface area (Å²) in [5, 5.41) is 3.71. The molecule has 8 heteroatoms. The third kappa shape index (κ3) is 4.19. The van der Waals surface area contributed by atoms with Crippen LogP contribution in [0.25, 0.3) is 22.1 Å². The Bertz CT molecular complexity index is 1370. The number of nitrogens with zero attached hydrogens (tertiary/aromatic N) is 3. The number of anilines is 2. The first kappa shape index (κ1) is 19.4. The number of aromatic nitrogens is 4. The Labute approximate surface area is 184 Å². The third-order valence-corrected chi connectivity index (χ3v) is 5.04. The predicted octanol–water partition coefficient (Wildman–Crippen LogP) is 5.69. The lowest BCUT2D eigenvalue weighted by Gasteiger charge is -2.11. The highest BCUT2D eigenvalue weighted by Gasteiger charge is 2.10. The van der Waals surface area contributed by atoms with Gasteiger partial charge in [0.2, 0.25) is 5.95 Å². The van der Waals surface area contributed by atoms with Gasteiger partial charge in [0.15, 0.2) is 0 Å². The third-order valence-electron chi connectivity index (χ3n) is 4.83. The SMILES string of the molecule is CN(C)Cc1cccc(Oc2ccc3nc(Nc4c[nH]c5ccc(Cl)nc45)[nH]c3c2)c1. The molecule has 0 spiro atoms. The summed E-state index contributed by atoms with van der Waals surface area (Å²) in [7, 11) is 4.10. The predicted molar refractivity (Wildman–Crippen MR) is 124 cm³/mol. The molecule has 3 aromatic heterocycles. The summed E-state index contributed by atoms with van der Waals surface area (Å²) in [5.74, 6) is 2.16. The van der Waals surface area contributed by atoms with E-state index in [4.69, 9.17) is 16.3 Å². The number of hydrogen-bond acceptors (Lipinski definition) is 5. The van der Waals surface area contributed by atoms with Crippen LogP contribution in [0.4, 0.5) is 11.6 Å². The van der Waals surface area contributed by atoms with Crippen molar-refractivity contribution in [1.29, 1.82) is 0 Å². The normalized spacial score (nSPS) is 11.5. The smallest absolute Gasteiger partial charge is 0.205 e. The average molecular weight is 433 g/mol. The van der Waals surface area contributed by atoms with Crippen molar-refractivity contribution in [2.45, 2.75) is 6.54 Å². The summed E-state index contributed by atoms with van der Waals surface area (Å²) in [6.07, 6.45) is 1.84. The number of imidazole rings is 1. The first-order valence-corrected chi connectivity index (χ1v) is 10.2. The minimum Gasteiger partial charge on any atom is -0.457 e. The maximum atomic E-state index is 6.08. The second-order valence-electron chi connectivity index (χ2n) is 7.61. The fourth-order valence-corrected chi connectivity index (χ4v) is 3.67. The van der Waals surface area contributed by atoms with Crippen LogP contribution in [-0.2, 0) is 6.54 Å². The monoisotopic (exact) mass is 432 g/mol. The highest BCUT2D eigenvalue weighted by atomic mass is 35.5. The molecule has 3 heterocycles. The van der Waals surface area contributed by atoms with Crippen molar-refractivity contribution >= 4 is 45.3 Å². The lowest BCUT2D eigenvalue weighted by atomic mass is 10.2. The Balaban J connectivity index is 1.38. The number of aromatic amines is 2. The van der Waals surface area contributed by atoms with Crippen molar-refractivity contribution < 1.29 is 4.74 Å². The molecule has 5 aromatic rings. The highest BCUT2D eigenvalue weighted by Crippen LogP contribution is 2.29.